The summed E-state index contributed by atoms with van der Waals surface area (Å²) in [4.78, 5) is 11.9. The van der Waals surface area contributed by atoms with Crippen molar-refractivity contribution in [3.05, 3.63) is 39.2 Å². The number of hydrogen-bond acceptors (Lipinski definition) is 4. The van der Waals surface area contributed by atoms with Gasteiger partial charge in [-0.3, -0.25) is 4.57 Å². The molecule has 0 radical (unpaired) electrons. The van der Waals surface area contributed by atoms with Crippen LogP contribution in [0.15, 0.2) is 23.8 Å². The molecule has 0 saturated carbocycles. The van der Waals surface area contributed by atoms with Gasteiger partial charge in [-0.2, -0.15) is 0 Å². The normalized spacial score (nSPS) is 11.1. The van der Waals surface area contributed by atoms with Crippen LogP contribution in [0.3, 0.4) is 0 Å². The minimum Gasteiger partial charge on any atom is -0.329 e. The average molecular weight is 262 g/mol. The van der Waals surface area contributed by atoms with E-state index in [0.717, 1.165) is 21.7 Å². The zero-order valence-corrected chi connectivity index (χ0v) is 10.8. The summed E-state index contributed by atoms with van der Waals surface area (Å²) in [6.07, 6.45) is 3.65. The van der Waals surface area contributed by atoms with Gasteiger partial charge in [-0.1, -0.05) is 0 Å². The summed E-state index contributed by atoms with van der Waals surface area (Å²) >= 11 is 6.94. The molecular formula is C11H10N4S2. The first kappa shape index (κ1) is 10.6. The molecule has 0 unspecified atom stereocenters. The summed E-state index contributed by atoms with van der Waals surface area (Å²) in [5, 5.41) is 3.00. The Kier molecular flexibility index (Phi) is 2.53. The standard InChI is InChI=1S/C11H10N4S2/c1-7-4-8-10(13-5-7)15(11(16)14-8)6-9-12-2-3-17-9/h2-5H,6H2,1H3,(H,14,16). The SMILES string of the molecule is Cc1cnc2c(c1)[nH]c(=S)n2Cc1nccs1. The Hall–Kier alpha value is -1.53. The van der Waals surface area contributed by atoms with Gasteiger partial charge in [-0.15, -0.1) is 11.3 Å². The van der Waals surface area contributed by atoms with Crippen LogP contribution in [0.1, 0.15) is 10.6 Å². The molecule has 0 spiro atoms. The zero-order valence-electron chi connectivity index (χ0n) is 9.17. The van der Waals surface area contributed by atoms with Crippen molar-refractivity contribution >= 4 is 34.7 Å². The van der Waals surface area contributed by atoms with Crippen molar-refractivity contribution in [2.75, 3.05) is 0 Å². The summed E-state index contributed by atoms with van der Waals surface area (Å²) < 4.78 is 2.66. The number of nitrogens with one attached hydrogen (secondary N) is 1. The molecule has 0 aliphatic carbocycles. The van der Waals surface area contributed by atoms with E-state index in [0.29, 0.717) is 11.3 Å². The van der Waals surface area contributed by atoms with E-state index >= 15 is 0 Å². The summed E-state index contributed by atoms with van der Waals surface area (Å²) in [6, 6.07) is 2.05. The maximum atomic E-state index is 5.31. The largest absolute Gasteiger partial charge is 0.329 e. The first-order chi connectivity index (χ1) is 8.24. The fraction of sp³-hybridized carbons (Fsp3) is 0.182. The minimum atomic E-state index is 0.673. The van der Waals surface area contributed by atoms with Crippen molar-refractivity contribution in [1.82, 2.24) is 19.5 Å². The number of thiazole rings is 1. The molecule has 86 valence electrons. The molecule has 0 saturated heterocycles. The molecule has 3 rings (SSSR count). The second kappa shape index (κ2) is 4.05. The number of aromatic amines is 1. The van der Waals surface area contributed by atoms with Crippen LogP contribution < -0.4 is 0 Å². The van der Waals surface area contributed by atoms with Gasteiger partial charge in [0.15, 0.2) is 10.4 Å². The number of H-pyrrole nitrogens is 1. The highest BCUT2D eigenvalue weighted by atomic mass is 32.1. The Morgan fingerprint density at radius 3 is 3.12 bits per heavy atom. The summed E-state index contributed by atoms with van der Waals surface area (Å²) in [5.74, 6) is 0. The molecule has 6 heteroatoms. The lowest BCUT2D eigenvalue weighted by Crippen LogP contribution is -2.00. The van der Waals surface area contributed by atoms with Crippen molar-refractivity contribution in [3.63, 3.8) is 0 Å². The molecule has 1 N–H and O–H groups in total. The third-order valence-electron chi connectivity index (χ3n) is 2.52. The van der Waals surface area contributed by atoms with E-state index in [1.54, 1.807) is 17.5 Å². The Balaban J connectivity index is 2.16. The van der Waals surface area contributed by atoms with Crippen LogP contribution in [0.2, 0.25) is 0 Å². The second-order valence-corrected chi connectivity index (χ2v) is 5.19. The molecular weight excluding hydrogens is 252 g/mol. The van der Waals surface area contributed by atoms with E-state index in [4.69, 9.17) is 12.2 Å². The van der Waals surface area contributed by atoms with Crippen LogP contribution in [-0.2, 0) is 6.54 Å². The molecule has 17 heavy (non-hydrogen) atoms. The molecule has 4 nitrogen and oxygen atoms in total. The van der Waals surface area contributed by atoms with E-state index in [2.05, 4.69) is 21.0 Å². The van der Waals surface area contributed by atoms with Gasteiger partial charge in [0.2, 0.25) is 0 Å². The van der Waals surface area contributed by atoms with Gasteiger partial charge < -0.3 is 4.98 Å². The molecule has 0 aliphatic heterocycles. The van der Waals surface area contributed by atoms with Crippen LogP contribution in [0, 0.1) is 11.7 Å². The number of rotatable bonds is 2. The third-order valence-corrected chi connectivity index (χ3v) is 3.61. The lowest BCUT2D eigenvalue weighted by atomic mass is 10.3. The highest BCUT2D eigenvalue weighted by Gasteiger charge is 2.07. The van der Waals surface area contributed by atoms with Gasteiger partial charge in [0.05, 0.1) is 12.1 Å². The first-order valence-electron chi connectivity index (χ1n) is 5.17. The predicted octanol–water partition coefficient (Wildman–Crippen LogP) is 2.91. The van der Waals surface area contributed by atoms with Gasteiger partial charge in [0.25, 0.3) is 0 Å². The smallest absolute Gasteiger partial charge is 0.179 e. The van der Waals surface area contributed by atoms with Crippen molar-refractivity contribution in [1.29, 1.82) is 0 Å². The molecule has 0 aromatic carbocycles. The topological polar surface area (TPSA) is 46.5 Å². The van der Waals surface area contributed by atoms with Gasteiger partial charge in [0, 0.05) is 17.8 Å². The number of imidazole rings is 1. The summed E-state index contributed by atoms with van der Waals surface area (Å²) in [5.41, 5.74) is 2.98. The molecule has 0 amide bonds. The van der Waals surface area contributed by atoms with Crippen molar-refractivity contribution in [2.45, 2.75) is 13.5 Å². The Labute approximate surface area is 107 Å². The van der Waals surface area contributed by atoms with E-state index < -0.39 is 0 Å². The van der Waals surface area contributed by atoms with E-state index in [1.807, 2.05) is 23.1 Å². The van der Waals surface area contributed by atoms with E-state index in [1.165, 1.54) is 0 Å². The van der Waals surface area contributed by atoms with Crippen LogP contribution in [0.4, 0.5) is 0 Å². The lowest BCUT2D eigenvalue weighted by Gasteiger charge is -2.00. The molecule has 3 heterocycles. The minimum absolute atomic E-state index is 0.673. The molecule has 0 aliphatic rings. The highest BCUT2D eigenvalue weighted by molar-refractivity contribution is 7.71. The number of pyridine rings is 1. The van der Waals surface area contributed by atoms with Crippen LogP contribution in [-0.4, -0.2) is 19.5 Å². The summed E-state index contributed by atoms with van der Waals surface area (Å²) in [7, 11) is 0. The van der Waals surface area contributed by atoms with Gasteiger partial charge in [0.1, 0.15) is 5.01 Å². The Morgan fingerprint density at radius 1 is 1.47 bits per heavy atom. The first-order valence-corrected chi connectivity index (χ1v) is 6.46. The third kappa shape index (κ3) is 1.89. The quantitative estimate of drug-likeness (QED) is 0.722. The van der Waals surface area contributed by atoms with Gasteiger partial charge in [-0.25, -0.2) is 9.97 Å². The van der Waals surface area contributed by atoms with Crippen LogP contribution in [0.25, 0.3) is 11.2 Å². The monoisotopic (exact) mass is 262 g/mol. The summed E-state index contributed by atoms with van der Waals surface area (Å²) in [6.45, 7) is 2.69. The number of hydrogen-bond donors (Lipinski definition) is 1. The molecule has 3 aromatic rings. The van der Waals surface area contributed by atoms with Crippen molar-refractivity contribution < 1.29 is 0 Å². The molecule has 0 atom stereocenters. The lowest BCUT2D eigenvalue weighted by molar-refractivity contribution is 0.793. The van der Waals surface area contributed by atoms with Gasteiger partial charge in [-0.05, 0) is 30.8 Å². The van der Waals surface area contributed by atoms with Gasteiger partial charge >= 0.3 is 0 Å². The zero-order chi connectivity index (χ0) is 11.8. The Morgan fingerprint density at radius 2 is 2.35 bits per heavy atom. The highest BCUT2D eigenvalue weighted by Crippen LogP contribution is 2.15. The number of aryl methyl sites for hydroxylation is 1. The number of aromatic nitrogens is 4. The average Bonchev–Trinajstić information content (AvgIpc) is 2.88. The van der Waals surface area contributed by atoms with Crippen LogP contribution in [0.5, 0.6) is 0 Å². The Bertz CT molecular complexity index is 709. The molecule has 3 aromatic heterocycles. The van der Waals surface area contributed by atoms with Crippen molar-refractivity contribution in [2.24, 2.45) is 0 Å². The molecule has 0 fully saturated rings. The van der Waals surface area contributed by atoms with E-state index in [-0.39, 0.29) is 0 Å². The molecule has 0 bridgehead atoms. The van der Waals surface area contributed by atoms with Crippen LogP contribution >= 0.6 is 23.6 Å². The van der Waals surface area contributed by atoms with Crippen molar-refractivity contribution in [3.8, 4) is 0 Å². The fourth-order valence-electron chi connectivity index (χ4n) is 1.76. The number of fused-ring (bicyclic) bond motifs is 1. The predicted molar refractivity (Wildman–Crippen MR) is 70.9 cm³/mol. The number of nitrogens with zero attached hydrogens (tertiary/aromatic N) is 3. The second-order valence-electron chi connectivity index (χ2n) is 3.83. The fourth-order valence-corrected chi connectivity index (χ4v) is 2.63. The van der Waals surface area contributed by atoms with E-state index in [9.17, 15) is 0 Å². The maximum absolute atomic E-state index is 5.31. The maximum Gasteiger partial charge on any atom is 0.179 e.